The van der Waals surface area contributed by atoms with Crippen LogP contribution in [-0.4, -0.2) is 17.3 Å². The molecule has 1 nitrogen and oxygen atoms in total. The third-order valence-corrected chi connectivity index (χ3v) is 4.24. The van der Waals surface area contributed by atoms with Crippen molar-refractivity contribution in [2.24, 2.45) is 0 Å². The van der Waals surface area contributed by atoms with Crippen LogP contribution in [0, 0.1) is 0 Å². The third-order valence-electron chi connectivity index (χ3n) is 4.24. The minimum Gasteiger partial charge on any atom is -0.202 e. The van der Waals surface area contributed by atoms with Gasteiger partial charge in [-0.25, -0.2) is 4.58 Å². The molecule has 1 aliphatic heterocycles. The Morgan fingerprint density at radius 1 is 1.20 bits per heavy atom. The van der Waals surface area contributed by atoms with Crippen molar-refractivity contribution >= 4 is 11.4 Å². The first-order valence-corrected chi connectivity index (χ1v) is 5.93. The van der Waals surface area contributed by atoms with Crippen LogP contribution in [0.5, 0.6) is 0 Å². The van der Waals surface area contributed by atoms with Gasteiger partial charge >= 0.3 is 0 Å². The fourth-order valence-corrected chi connectivity index (χ4v) is 3.40. The first-order valence-electron chi connectivity index (χ1n) is 5.93. The van der Waals surface area contributed by atoms with Crippen LogP contribution in [-0.2, 0) is 5.41 Å². The molecule has 0 bridgehead atoms. The predicted octanol–water partition coefficient (Wildman–Crippen LogP) is 3.25. The number of benzene rings is 1. The molecule has 0 unspecified atom stereocenters. The van der Waals surface area contributed by atoms with E-state index in [0.717, 1.165) is 0 Å². The number of fused-ring (bicyclic) bond motifs is 3. The van der Waals surface area contributed by atoms with E-state index in [1.807, 2.05) is 0 Å². The molecule has 78 valence electrons. The second-order valence-corrected chi connectivity index (χ2v) is 5.06. The van der Waals surface area contributed by atoms with Gasteiger partial charge in [-0.3, -0.25) is 0 Å². The van der Waals surface area contributed by atoms with Crippen LogP contribution < -0.4 is 0 Å². The van der Waals surface area contributed by atoms with E-state index in [2.05, 4.69) is 42.8 Å². The lowest BCUT2D eigenvalue weighted by atomic mass is 9.71. The smallest absolute Gasteiger partial charge is 0.202 e. The van der Waals surface area contributed by atoms with E-state index in [9.17, 15) is 0 Å². The Labute approximate surface area is 91.4 Å². The number of rotatable bonds is 0. The Kier molecular flexibility index (Phi) is 1.79. The maximum Gasteiger partial charge on any atom is 0.209 e. The molecule has 1 heteroatoms. The summed E-state index contributed by atoms with van der Waals surface area (Å²) in [7, 11) is 2.23. The highest BCUT2D eigenvalue weighted by Gasteiger charge is 2.48. The second kappa shape index (κ2) is 2.94. The lowest BCUT2D eigenvalue weighted by Gasteiger charge is -2.27. The Morgan fingerprint density at radius 3 is 2.87 bits per heavy atom. The van der Waals surface area contributed by atoms with Crippen molar-refractivity contribution in [1.29, 1.82) is 0 Å². The summed E-state index contributed by atoms with van der Waals surface area (Å²) in [6, 6.07) is 8.89. The van der Waals surface area contributed by atoms with Gasteiger partial charge in [0.1, 0.15) is 7.05 Å². The number of hydrogen-bond donors (Lipinski definition) is 0. The van der Waals surface area contributed by atoms with Crippen LogP contribution in [0.2, 0.25) is 0 Å². The molecule has 0 amide bonds. The lowest BCUT2D eigenvalue weighted by molar-refractivity contribution is -0.404. The molecule has 0 spiro atoms. The second-order valence-electron chi connectivity index (χ2n) is 5.06. The van der Waals surface area contributed by atoms with Gasteiger partial charge in [0.15, 0.2) is 5.71 Å². The zero-order valence-electron chi connectivity index (χ0n) is 9.59. The molecule has 1 atom stereocenters. The quantitative estimate of drug-likeness (QED) is 0.566. The zero-order chi connectivity index (χ0) is 10.5. The van der Waals surface area contributed by atoms with Gasteiger partial charge in [0.25, 0.3) is 0 Å². The Morgan fingerprint density at radius 2 is 2.00 bits per heavy atom. The highest BCUT2D eigenvalue weighted by Crippen LogP contribution is 2.45. The Hall–Kier alpha value is -1.11. The molecule has 1 aliphatic carbocycles. The van der Waals surface area contributed by atoms with E-state index in [1.54, 1.807) is 11.3 Å². The molecule has 1 aromatic rings. The normalized spacial score (nSPS) is 28.9. The minimum absolute atomic E-state index is 0.337. The molecule has 1 saturated carbocycles. The largest absolute Gasteiger partial charge is 0.209 e. The van der Waals surface area contributed by atoms with Crippen LogP contribution in [0.15, 0.2) is 24.3 Å². The van der Waals surface area contributed by atoms with E-state index in [1.165, 1.54) is 31.4 Å². The van der Waals surface area contributed by atoms with E-state index in [0.29, 0.717) is 5.41 Å². The lowest BCUT2D eigenvalue weighted by Crippen LogP contribution is -2.34. The zero-order valence-corrected chi connectivity index (χ0v) is 9.59. The average Bonchev–Trinajstić information content (AvgIpc) is 2.50. The van der Waals surface area contributed by atoms with Crippen molar-refractivity contribution in [2.75, 3.05) is 7.05 Å². The van der Waals surface area contributed by atoms with Gasteiger partial charge < -0.3 is 0 Å². The minimum atomic E-state index is 0.337. The summed E-state index contributed by atoms with van der Waals surface area (Å²) in [4.78, 5) is 0. The maximum absolute atomic E-state index is 2.43. The van der Waals surface area contributed by atoms with Gasteiger partial charge in [-0.05, 0) is 19.8 Å². The molecule has 1 heterocycles. The fraction of sp³-hybridized carbons (Fsp3) is 0.500. The van der Waals surface area contributed by atoms with Gasteiger partial charge in [-0.1, -0.05) is 24.6 Å². The molecular weight excluding hydrogens is 182 g/mol. The molecule has 2 aliphatic rings. The fourth-order valence-electron chi connectivity index (χ4n) is 3.40. The van der Waals surface area contributed by atoms with E-state index in [-0.39, 0.29) is 0 Å². The number of nitrogens with zero attached hydrogens (tertiary/aromatic N) is 1. The average molecular weight is 200 g/mol. The van der Waals surface area contributed by atoms with Crippen LogP contribution in [0.25, 0.3) is 0 Å². The van der Waals surface area contributed by atoms with Gasteiger partial charge in [0.05, 0.1) is 5.41 Å². The van der Waals surface area contributed by atoms with E-state index in [4.69, 9.17) is 0 Å². The van der Waals surface area contributed by atoms with Crippen molar-refractivity contribution in [2.45, 2.75) is 38.0 Å². The monoisotopic (exact) mass is 200 g/mol. The first-order chi connectivity index (χ1) is 7.23. The maximum atomic E-state index is 2.43. The van der Waals surface area contributed by atoms with Crippen molar-refractivity contribution in [3.8, 4) is 0 Å². The van der Waals surface area contributed by atoms with Gasteiger partial charge in [-0.2, -0.15) is 0 Å². The molecule has 15 heavy (non-hydrogen) atoms. The van der Waals surface area contributed by atoms with Crippen molar-refractivity contribution in [3.63, 3.8) is 0 Å². The summed E-state index contributed by atoms with van der Waals surface area (Å²) >= 11 is 0. The Bertz CT molecular complexity index is 444. The van der Waals surface area contributed by atoms with Crippen LogP contribution in [0.1, 0.15) is 38.2 Å². The van der Waals surface area contributed by atoms with Gasteiger partial charge in [0.2, 0.25) is 5.69 Å². The van der Waals surface area contributed by atoms with Crippen LogP contribution in [0.4, 0.5) is 5.69 Å². The molecule has 3 rings (SSSR count). The predicted molar refractivity (Wildman–Crippen MR) is 63.1 cm³/mol. The topological polar surface area (TPSA) is 3.01 Å². The summed E-state index contributed by atoms with van der Waals surface area (Å²) in [5.74, 6) is 0. The van der Waals surface area contributed by atoms with Crippen molar-refractivity contribution in [3.05, 3.63) is 29.8 Å². The number of para-hydroxylation sites is 1. The van der Waals surface area contributed by atoms with Gasteiger partial charge in [0, 0.05) is 18.1 Å². The molecule has 1 fully saturated rings. The first kappa shape index (κ1) is 9.14. The van der Waals surface area contributed by atoms with Crippen molar-refractivity contribution < 1.29 is 4.58 Å². The standard InChI is InChI=1S/C14H18N/c1-14-10-6-5-9-13(14)15(2)12-8-4-3-7-11(12)14/h3-4,7-8H,5-6,9-10H2,1-2H3/q+1/t14-/m0/s1. The van der Waals surface area contributed by atoms with E-state index >= 15 is 0 Å². The molecule has 0 radical (unpaired) electrons. The summed E-state index contributed by atoms with van der Waals surface area (Å²) in [5.41, 5.74) is 4.94. The number of hydrogen-bond acceptors (Lipinski definition) is 0. The van der Waals surface area contributed by atoms with Crippen molar-refractivity contribution in [1.82, 2.24) is 0 Å². The summed E-state index contributed by atoms with van der Waals surface area (Å²) in [5, 5.41) is 0. The highest BCUT2D eigenvalue weighted by molar-refractivity contribution is 5.95. The summed E-state index contributed by atoms with van der Waals surface area (Å²) in [6.45, 7) is 2.42. The van der Waals surface area contributed by atoms with Gasteiger partial charge in [-0.15, -0.1) is 0 Å². The highest BCUT2D eigenvalue weighted by atomic mass is 15.0. The summed E-state index contributed by atoms with van der Waals surface area (Å²) in [6.07, 6.45) is 5.34. The van der Waals surface area contributed by atoms with E-state index < -0.39 is 0 Å². The van der Waals surface area contributed by atoms with Crippen LogP contribution in [0.3, 0.4) is 0 Å². The molecule has 1 aromatic carbocycles. The Balaban J connectivity index is 2.25. The molecule has 0 saturated heterocycles. The molecular formula is C14H18N+. The summed E-state index contributed by atoms with van der Waals surface area (Å²) < 4.78 is 2.43. The van der Waals surface area contributed by atoms with Crippen LogP contribution >= 0.6 is 0 Å². The molecule has 0 aromatic heterocycles. The molecule has 0 N–H and O–H groups in total. The SMILES string of the molecule is C[N+]1=C2CCCC[C@@]2(C)c2ccccc21. The third kappa shape index (κ3) is 1.06.